The molecule has 98 valence electrons. The van der Waals surface area contributed by atoms with Gasteiger partial charge in [0.05, 0.1) is 6.10 Å². The molecule has 17 heavy (non-hydrogen) atoms. The van der Waals surface area contributed by atoms with Crippen LogP contribution in [0, 0.1) is 5.92 Å². The highest BCUT2D eigenvalue weighted by atomic mass is 32.1. The second-order valence-corrected chi connectivity index (χ2v) is 5.39. The Morgan fingerprint density at radius 3 is 2.71 bits per heavy atom. The summed E-state index contributed by atoms with van der Waals surface area (Å²) in [6.45, 7) is 7.12. The number of ether oxygens (including phenoxy) is 1. The zero-order valence-corrected chi connectivity index (χ0v) is 11.8. The average molecular weight is 256 g/mol. The Hall–Kier alpha value is -0.420. The fraction of sp³-hybridized carbons (Fsp3) is 0.692. The molecule has 3 nitrogen and oxygen atoms in total. The predicted octanol–water partition coefficient (Wildman–Crippen LogP) is 2.57. The first kappa shape index (κ1) is 14.6. The highest BCUT2D eigenvalue weighted by Crippen LogP contribution is 2.17. The third-order valence-corrected chi connectivity index (χ3v) is 3.68. The Balaban J connectivity index is 2.50. The van der Waals surface area contributed by atoms with Crippen LogP contribution in [0.3, 0.4) is 0 Å². The normalized spacial score (nSPS) is 15.1. The smallest absolute Gasteiger partial charge is 0.0764 e. The summed E-state index contributed by atoms with van der Waals surface area (Å²) >= 11 is 1.74. The second kappa shape index (κ2) is 7.82. The quantitative estimate of drug-likeness (QED) is 0.555. The summed E-state index contributed by atoms with van der Waals surface area (Å²) in [5, 5.41) is 4.31. The van der Waals surface area contributed by atoms with E-state index in [1.807, 2.05) is 6.92 Å². The Morgan fingerprint density at radius 2 is 2.24 bits per heavy atom. The van der Waals surface area contributed by atoms with Crippen LogP contribution in [0.25, 0.3) is 0 Å². The van der Waals surface area contributed by atoms with Crippen molar-refractivity contribution in [3.05, 3.63) is 22.4 Å². The number of nitrogens with two attached hydrogens (primary N) is 1. The van der Waals surface area contributed by atoms with Crippen LogP contribution in [0.2, 0.25) is 0 Å². The Bertz CT molecular complexity index is 288. The second-order valence-electron chi connectivity index (χ2n) is 4.61. The molecular formula is C13H24N2OS. The molecule has 4 heteroatoms. The molecule has 2 atom stereocenters. The summed E-state index contributed by atoms with van der Waals surface area (Å²) in [5.41, 5.74) is 4.29. The Kier molecular flexibility index (Phi) is 6.73. The molecule has 0 aliphatic heterocycles. The fourth-order valence-corrected chi connectivity index (χ4v) is 2.77. The molecule has 1 aromatic heterocycles. The van der Waals surface area contributed by atoms with Crippen molar-refractivity contribution >= 4 is 11.3 Å². The number of thiophene rings is 1. The number of aryl methyl sites for hydroxylation is 1. The van der Waals surface area contributed by atoms with Crippen LogP contribution in [0.15, 0.2) is 16.8 Å². The van der Waals surface area contributed by atoms with E-state index in [0.29, 0.717) is 5.92 Å². The fourth-order valence-electron chi connectivity index (χ4n) is 2.07. The third kappa shape index (κ3) is 4.76. The molecule has 0 radical (unpaired) electrons. The average Bonchev–Trinajstić information content (AvgIpc) is 2.81. The van der Waals surface area contributed by atoms with Crippen molar-refractivity contribution in [2.45, 2.75) is 45.8 Å². The maximum atomic E-state index is 5.79. The van der Waals surface area contributed by atoms with E-state index in [1.54, 1.807) is 11.3 Å². The maximum Gasteiger partial charge on any atom is 0.0764 e. The minimum Gasteiger partial charge on any atom is -0.377 e. The molecule has 3 N–H and O–H groups in total. The number of rotatable bonds is 8. The van der Waals surface area contributed by atoms with Crippen molar-refractivity contribution in [3.63, 3.8) is 0 Å². The molecule has 0 aromatic carbocycles. The molecule has 0 saturated heterocycles. The van der Waals surface area contributed by atoms with Crippen LogP contribution in [-0.4, -0.2) is 18.8 Å². The van der Waals surface area contributed by atoms with Gasteiger partial charge in [-0.1, -0.05) is 13.8 Å². The predicted molar refractivity (Wildman–Crippen MR) is 74.0 cm³/mol. The Labute approximate surface area is 108 Å². The van der Waals surface area contributed by atoms with Crippen LogP contribution < -0.4 is 11.3 Å². The van der Waals surface area contributed by atoms with Gasteiger partial charge in [-0.3, -0.25) is 11.3 Å². The van der Waals surface area contributed by atoms with Crippen molar-refractivity contribution in [1.29, 1.82) is 0 Å². The number of nitrogens with one attached hydrogen (secondary N) is 1. The van der Waals surface area contributed by atoms with Gasteiger partial charge < -0.3 is 4.74 Å². The van der Waals surface area contributed by atoms with Gasteiger partial charge in [0.25, 0.3) is 0 Å². The maximum absolute atomic E-state index is 5.79. The molecule has 0 fully saturated rings. The van der Waals surface area contributed by atoms with Crippen LogP contribution in [0.1, 0.15) is 32.8 Å². The molecule has 1 rings (SSSR count). The van der Waals surface area contributed by atoms with Gasteiger partial charge in [0.2, 0.25) is 0 Å². The lowest BCUT2D eigenvalue weighted by Gasteiger charge is -2.29. The topological polar surface area (TPSA) is 47.3 Å². The van der Waals surface area contributed by atoms with E-state index in [4.69, 9.17) is 10.6 Å². The summed E-state index contributed by atoms with van der Waals surface area (Å²) in [5.74, 6) is 6.12. The first-order chi connectivity index (χ1) is 8.19. The van der Waals surface area contributed by atoms with Gasteiger partial charge in [0.1, 0.15) is 0 Å². The van der Waals surface area contributed by atoms with Gasteiger partial charge >= 0.3 is 0 Å². The van der Waals surface area contributed by atoms with E-state index in [-0.39, 0.29) is 12.1 Å². The lowest BCUT2D eigenvalue weighted by Crippen LogP contribution is -2.47. The van der Waals surface area contributed by atoms with Gasteiger partial charge in [-0.2, -0.15) is 11.3 Å². The number of hydrazine groups is 1. The zero-order chi connectivity index (χ0) is 12.7. The van der Waals surface area contributed by atoms with Crippen LogP contribution in [0.5, 0.6) is 0 Å². The van der Waals surface area contributed by atoms with Gasteiger partial charge in [0.15, 0.2) is 0 Å². The largest absolute Gasteiger partial charge is 0.377 e. The molecular weight excluding hydrogens is 232 g/mol. The van der Waals surface area contributed by atoms with E-state index in [2.05, 4.69) is 36.1 Å². The molecule has 0 spiro atoms. The highest BCUT2D eigenvalue weighted by Gasteiger charge is 2.23. The van der Waals surface area contributed by atoms with Crippen molar-refractivity contribution < 1.29 is 4.74 Å². The lowest BCUT2D eigenvalue weighted by molar-refractivity contribution is 0.00154. The van der Waals surface area contributed by atoms with Gasteiger partial charge in [-0.25, -0.2) is 0 Å². The lowest BCUT2D eigenvalue weighted by atomic mass is 9.95. The molecule has 1 heterocycles. The minimum absolute atomic E-state index is 0.184. The molecule has 0 amide bonds. The van der Waals surface area contributed by atoms with Crippen LogP contribution in [-0.2, 0) is 11.2 Å². The minimum atomic E-state index is 0.184. The molecule has 0 aliphatic rings. The summed E-state index contributed by atoms with van der Waals surface area (Å²) in [6.07, 6.45) is 2.24. The van der Waals surface area contributed by atoms with Crippen molar-refractivity contribution in [3.8, 4) is 0 Å². The van der Waals surface area contributed by atoms with Crippen molar-refractivity contribution in [1.82, 2.24) is 5.43 Å². The van der Waals surface area contributed by atoms with E-state index < -0.39 is 0 Å². The van der Waals surface area contributed by atoms with E-state index >= 15 is 0 Å². The summed E-state index contributed by atoms with van der Waals surface area (Å²) < 4.78 is 5.79. The number of hydrogen-bond donors (Lipinski definition) is 2. The molecule has 0 aliphatic carbocycles. The first-order valence-electron chi connectivity index (χ1n) is 6.27. The molecule has 0 saturated carbocycles. The summed E-state index contributed by atoms with van der Waals surface area (Å²) in [4.78, 5) is 0. The summed E-state index contributed by atoms with van der Waals surface area (Å²) in [7, 11) is 0. The van der Waals surface area contributed by atoms with Crippen LogP contribution >= 0.6 is 11.3 Å². The third-order valence-electron chi connectivity index (χ3n) is 2.95. The molecule has 0 bridgehead atoms. The summed E-state index contributed by atoms with van der Waals surface area (Å²) in [6, 6.07) is 2.39. The molecule has 2 unspecified atom stereocenters. The zero-order valence-electron chi connectivity index (χ0n) is 11.0. The SMILES string of the molecule is CCOC(C(C)C)C(CCc1ccsc1)NN. The van der Waals surface area contributed by atoms with Gasteiger partial charge in [-0.15, -0.1) is 0 Å². The highest BCUT2D eigenvalue weighted by molar-refractivity contribution is 7.07. The Morgan fingerprint density at radius 1 is 1.47 bits per heavy atom. The van der Waals surface area contributed by atoms with Gasteiger partial charge in [-0.05, 0) is 48.1 Å². The van der Waals surface area contributed by atoms with E-state index in [9.17, 15) is 0 Å². The number of hydrogen-bond acceptors (Lipinski definition) is 4. The van der Waals surface area contributed by atoms with Crippen molar-refractivity contribution in [2.75, 3.05) is 6.61 Å². The van der Waals surface area contributed by atoms with E-state index in [0.717, 1.165) is 19.4 Å². The molecule has 1 aromatic rings. The van der Waals surface area contributed by atoms with E-state index in [1.165, 1.54) is 5.56 Å². The van der Waals surface area contributed by atoms with Crippen molar-refractivity contribution in [2.24, 2.45) is 11.8 Å². The standard InChI is InChI=1S/C13H24N2OS/c1-4-16-13(10(2)3)12(15-14)6-5-11-7-8-17-9-11/h7-10,12-13,15H,4-6,14H2,1-3H3. The van der Waals surface area contributed by atoms with Gasteiger partial charge in [0, 0.05) is 12.6 Å². The monoisotopic (exact) mass is 256 g/mol. The first-order valence-corrected chi connectivity index (χ1v) is 7.22. The van der Waals surface area contributed by atoms with Crippen LogP contribution in [0.4, 0.5) is 0 Å².